The van der Waals surface area contributed by atoms with E-state index in [2.05, 4.69) is 13.8 Å². The molecule has 0 aromatic rings. The van der Waals surface area contributed by atoms with E-state index in [1.54, 1.807) is 0 Å². The molecule has 11 heavy (non-hydrogen) atoms. The first-order valence-corrected chi connectivity index (χ1v) is 4.43. The van der Waals surface area contributed by atoms with Crippen molar-refractivity contribution in [1.82, 2.24) is 0 Å². The first kappa shape index (κ1) is 10.7. The van der Waals surface area contributed by atoms with Gasteiger partial charge in [0.15, 0.2) is 0 Å². The molecule has 66 valence electrons. The summed E-state index contributed by atoms with van der Waals surface area (Å²) in [5.74, 6) is 0. The molecule has 1 N–H and O–H groups in total. The average Bonchev–Trinajstić information content (AvgIpc) is 1.98. The summed E-state index contributed by atoms with van der Waals surface area (Å²) in [5.41, 5.74) is 2.49. The molecule has 1 heteroatoms. The third kappa shape index (κ3) is 4.20. The van der Waals surface area contributed by atoms with Crippen LogP contribution in [0.25, 0.3) is 0 Å². The second kappa shape index (κ2) is 5.36. The molecule has 0 aliphatic carbocycles. The Hall–Kier alpha value is -0.300. The maximum absolute atomic E-state index is 9.23. The molecule has 0 aliphatic heterocycles. The normalized spacial score (nSPS) is 16.1. The zero-order chi connectivity index (χ0) is 8.85. The van der Waals surface area contributed by atoms with Crippen molar-refractivity contribution >= 4 is 0 Å². The van der Waals surface area contributed by atoms with E-state index in [1.807, 2.05) is 13.8 Å². The lowest BCUT2D eigenvalue weighted by Gasteiger charge is -2.09. The zero-order valence-electron chi connectivity index (χ0n) is 8.15. The van der Waals surface area contributed by atoms with Crippen LogP contribution in [0.4, 0.5) is 0 Å². The molecule has 0 heterocycles. The molecule has 0 bridgehead atoms. The average molecular weight is 156 g/mol. The van der Waals surface area contributed by atoms with Gasteiger partial charge in [0.1, 0.15) is 0 Å². The van der Waals surface area contributed by atoms with E-state index in [1.165, 1.54) is 18.4 Å². The number of allylic oxidation sites excluding steroid dienone is 1. The standard InChI is InChI=1S/C10H20O/c1-5-6-7-8(2)9(3)10(4)11/h10-11H,5-7H2,1-4H3. The van der Waals surface area contributed by atoms with Gasteiger partial charge in [-0.2, -0.15) is 0 Å². The quantitative estimate of drug-likeness (QED) is 0.620. The predicted molar refractivity (Wildman–Crippen MR) is 49.6 cm³/mol. The molecule has 0 saturated carbocycles. The summed E-state index contributed by atoms with van der Waals surface area (Å²) in [6.45, 7) is 8.13. The van der Waals surface area contributed by atoms with Crippen molar-refractivity contribution in [1.29, 1.82) is 0 Å². The minimum absolute atomic E-state index is 0.271. The van der Waals surface area contributed by atoms with E-state index in [-0.39, 0.29) is 6.10 Å². The predicted octanol–water partition coefficient (Wildman–Crippen LogP) is 2.89. The molecule has 1 unspecified atom stereocenters. The molecular weight excluding hydrogens is 136 g/mol. The SMILES string of the molecule is CCCCC(C)=C(C)C(C)O. The number of unbranched alkanes of at least 4 members (excludes halogenated alkanes) is 1. The second-order valence-corrected chi connectivity index (χ2v) is 3.24. The maximum atomic E-state index is 9.23. The summed E-state index contributed by atoms with van der Waals surface area (Å²) in [4.78, 5) is 0. The van der Waals surface area contributed by atoms with Gasteiger partial charge in [-0.05, 0) is 39.2 Å². The van der Waals surface area contributed by atoms with Gasteiger partial charge in [-0.3, -0.25) is 0 Å². The zero-order valence-corrected chi connectivity index (χ0v) is 8.15. The van der Waals surface area contributed by atoms with Gasteiger partial charge in [0, 0.05) is 0 Å². The summed E-state index contributed by atoms with van der Waals surface area (Å²) in [7, 11) is 0. The van der Waals surface area contributed by atoms with Crippen molar-refractivity contribution in [2.24, 2.45) is 0 Å². The Morgan fingerprint density at radius 2 is 1.91 bits per heavy atom. The van der Waals surface area contributed by atoms with Crippen LogP contribution >= 0.6 is 0 Å². The first-order chi connectivity index (χ1) is 5.09. The minimum Gasteiger partial charge on any atom is -0.389 e. The third-order valence-electron chi connectivity index (χ3n) is 2.21. The van der Waals surface area contributed by atoms with Crippen LogP contribution in [-0.2, 0) is 0 Å². The van der Waals surface area contributed by atoms with E-state index >= 15 is 0 Å². The fourth-order valence-electron chi connectivity index (χ4n) is 0.996. The van der Waals surface area contributed by atoms with Crippen LogP contribution in [0, 0.1) is 0 Å². The first-order valence-electron chi connectivity index (χ1n) is 4.43. The molecule has 1 atom stereocenters. The van der Waals surface area contributed by atoms with Gasteiger partial charge in [0.2, 0.25) is 0 Å². The summed E-state index contributed by atoms with van der Waals surface area (Å²) < 4.78 is 0. The van der Waals surface area contributed by atoms with Crippen LogP contribution in [0.15, 0.2) is 11.1 Å². The highest BCUT2D eigenvalue weighted by molar-refractivity contribution is 5.12. The maximum Gasteiger partial charge on any atom is 0.0721 e. The highest BCUT2D eigenvalue weighted by atomic mass is 16.3. The van der Waals surface area contributed by atoms with E-state index in [0.29, 0.717) is 0 Å². The number of aliphatic hydroxyl groups excluding tert-OH is 1. The molecule has 1 nitrogen and oxygen atoms in total. The molecule has 0 rings (SSSR count). The largest absolute Gasteiger partial charge is 0.389 e. The molecule has 0 radical (unpaired) electrons. The van der Waals surface area contributed by atoms with Gasteiger partial charge in [0.25, 0.3) is 0 Å². The van der Waals surface area contributed by atoms with Crippen molar-refractivity contribution in [2.45, 2.75) is 53.1 Å². The summed E-state index contributed by atoms with van der Waals surface area (Å²) in [6.07, 6.45) is 3.32. The van der Waals surface area contributed by atoms with Crippen molar-refractivity contribution in [3.05, 3.63) is 11.1 Å². The molecule has 0 spiro atoms. The topological polar surface area (TPSA) is 20.2 Å². The number of hydrogen-bond donors (Lipinski definition) is 1. The van der Waals surface area contributed by atoms with Gasteiger partial charge in [-0.25, -0.2) is 0 Å². The molecule has 0 fully saturated rings. The third-order valence-corrected chi connectivity index (χ3v) is 2.21. The Labute approximate surface area is 70.1 Å². The lowest BCUT2D eigenvalue weighted by molar-refractivity contribution is 0.230. The van der Waals surface area contributed by atoms with Gasteiger partial charge in [0.05, 0.1) is 6.10 Å². The number of rotatable bonds is 4. The van der Waals surface area contributed by atoms with Crippen molar-refractivity contribution < 1.29 is 5.11 Å². The van der Waals surface area contributed by atoms with Crippen molar-refractivity contribution in [3.63, 3.8) is 0 Å². The van der Waals surface area contributed by atoms with Crippen LogP contribution in [0.3, 0.4) is 0 Å². The van der Waals surface area contributed by atoms with Crippen molar-refractivity contribution in [3.8, 4) is 0 Å². The highest BCUT2D eigenvalue weighted by Gasteiger charge is 2.01. The highest BCUT2D eigenvalue weighted by Crippen LogP contribution is 2.14. The lowest BCUT2D eigenvalue weighted by Crippen LogP contribution is -2.03. The molecule has 0 aliphatic rings. The van der Waals surface area contributed by atoms with Gasteiger partial charge >= 0.3 is 0 Å². The molecular formula is C10H20O. The second-order valence-electron chi connectivity index (χ2n) is 3.24. The van der Waals surface area contributed by atoms with Gasteiger partial charge in [-0.15, -0.1) is 0 Å². The number of hydrogen-bond acceptors (Lipinski definition) is 1. The lowest BCUT2D eigenvalue weighted by atomic mass is 10.0. The Kier molecular flexibility index (Phi) is 5.22. The molecule has 0 aromatic heterocycles. The van der Waals surface area contributed by atoms with E-state index in [0.717, 1.165) is 12.0 Å². The fraction of sp³-hybridized carbons (Fsp3) is 0.800. The van der Waals surface area contributed by atoms with Crippen LogP contribution in [0.5, 0.6) is 0 Å². The Morgan fingerprint density at radius 3 is 2.27 bits per heavy atom. The Balaban J connectivity index is 3.94. The minimum atomic E-state index is -0.271. The van der Waals surface area contributed by atoms with E-state index in [4.69, 9.17) is 0 Å². The Bertz CT molecular complexity index is 134. The monoisotopic (exact) mass is 156 g/mol. The summed E-state index contributed by atoms with van der Waals surface area (Å²) in [6, 6.07) is 0. The van der Waals surface area contributed by atoms with Crippen molar-refractivity contribution in [2.75, 3.05) is 0 Å². The molecule has 0 aromatic carbocycles. The Morgan fingerprint density at radius 1 is 1.36 bits per heavy atom. The van der Waals surface area contributed by atoms with Gasteiger partial charge in [-0.1, -0.05) is 18.9 Å². The number of aliphatic hydroxyl groups is 1. The van der Waals surface area contributed by atoms with Crippen LogP contribution in [-0.4, -0.2) is 11.2 Å². The van der Waals surface area contributed by atoms with Crippen LogP contribution < -0.4 is 0 Å². The molecule has 0 amide bonds. The van der Waals surface area contributed by atoms with E-state index < -0.39 is 0 Å². The van der Waals surface area contributed by atoms with Crippen LogP contribution in [0.1, 0.15) is 47.0 Å². The van der Waals surface area contributed by atoms with E-state index in [9.17, 15) is 5.11 Å². The molecule has 0 saturated heterocycles. The van der Waals surface area contributed by atoms with Crippen LogP contribution in [0.2, 0.25) is 0 Å². The summed E-state index contributed by atoms with van der Waals surface area (Å²) >= 11 is 0. The summed E-state index contributed by atoms with van der Waals surface area (Å²) in [5, 5.41) is 9.23. The fourth-order valence-corrected chi connectivity index (χ4v) is 0.996. The smallest absolute Gasteiger partial charge is 0.0721 e. The van der Waals surface area contributed by atoms with Gasteiger partial charge < -0.3 is 5.11 Å².